The van der Waals surface area contributed by atoms with Gasteiger partial charge in [-0.15, -0.1) is 0 Å². The maximum absolute atomic E-state index is 12.5. The summed E-state index contributed by atoms with van der Waals surface area (Å²) in [6.45, 7) is -0.420. The Kier molecular flexibility index (Phi) is 6.30. The number of nitrogens with two attached hydrogens (primary N) is 1. The van der Waals surface area contributed by atoms with Crippen LogP contribution in [0.3, 0.4) is 0 Å². The first-order valence-electron chi connectivity index (χ1n) is 7.18. The SMILES string of the molecule is NCCN(Cc1ccccc1)Cc1ccccc1OC(F)F. The topological polar surface area (TPSA) is 38.5 Å². The molecule has 0 fully saturated rings. The van der Waals surface area contributed by atoms with Crippen LogP contribution in [0, 0.1) is 0 Å². The van der Waals surface area contributed by atoms with E-state index in [1.54, 1.807) is 18.2 Å². The maximum atomic E-state index is 12.5. The number of hydrogen-bond donors (Lipinski definition) is 1. The lowest BCUT2D eigenvalue weighted by atomic mass is 10.1. The van der Waals surface area contributed by atoms with Crippen molar-refractivity contribution >= 4 is 0 Å². The molecule has 2 rings (SSSR count). The lowest BCUT2D eigenvalue weighted by Crippen LogP contribution is -2.29. The van der Waals surface area contributed by atoms with Crippen LogP contribution in [-0.2, 0) is 13.1 Å². The van der Waals surface area contributed by atoms with Gasteiger partial charge in [0.15, 0.2) is 0 Å². The van der Waals surface area contributed by atoms with Gasteiger partial charge in [0, 0.05) is 31.7 Å². The first kappa shape index (κ1) is 16.4. The van der Waals surface area contributed by atoms with Gasteiger partial charge in [0.05, 0.1) is 0 Å². The highest BCUT2D eigenvalue weighted by Crippen LogP contribution is 2.22. The first-order valence-corrected chi connectivity index (χ1v) is 7.18. The van der Waals surface area contributed by atoms with Crippen LogP contribution in [0.5, 0.6) is 5.75 Å². The number of ether oxygens (including phenoxy) is 1. The van der Waals surface area contributed by atoms with Crippen LogP contribution in [0.25, 0.3) is 0 Å². The summed E-state index contributed by atoms with van der Waals surface area (Å²) in [6, 6.07) is 16.8. The Balaban J connectivity index is 2.10. The highest BCUT2D eigenvalue weighted by Gasteiger charge is 2.12. The highest BCUT2D eigenvalue weighted by atomic mass is 19.3. The molecule has 0 amide bonds. The summed E-state index contributed by atoms with van der Waals surface area (Å²) in [5, 5.41) is 0. The van der Waals surface area contributed by atoms with Gasteiger partial charge in [-0.1, -0.05) is 48.5 Å². The minimum Gasteiger partial charge on any atom is -0.434 e. The Morgan fingerprint density at radius 1 is 0.955 bits per heavy atom. The lowest BCUT2D eigenvalue weighted by molar-refractivity contribution is -0.0508. The van der Waals surface area contributed by atoms with Crippen LogP contribution in [0.15, 0.2) is 54.6 Å². The van der Waals surface area contributed by atoms with Crippen molar-refractivity contribution in [2.45, 2.75) is 19.7 Å². The van der Waals surface area contributed by atoms with E-state index in [1.165, 1.54) is 0 Å². The van der Waals surface area contributed by atoms with E-state index >= 15 is 0 Å². The van der Waals surface area contributed by atoms with Crippen LogP contribution in [0.2, 0.25) is 0 Å². The predicted molar refractivity (Wildman–Crippen MR) is 82.7 cm³/mol. The summed E-state index contributed by atoms with van der Waals surface area (Å²) in [6.07, 6.45) is 0. The van der Waals surface area contributed by atoms with Gasteiger partial charge < -0.3 is 10.5 Å². The molecule has 5 heteroatoms. The van der Waals surface area contributed by atoms with Gasteiger partial charge in [0.1, 0.15) is 5.75 Å². The van der Waals surface area contributed by atoms with Crippen molar-refractivity contribution in [3.8, 4) is 5.75 Å². The summed E-state index contributed by atoms with van der Waals surface area (Å²) in [7, 11) is 0. The Morgan fingerprint density at radius 3 is 2.32 bits per heavy atom. The molecule has 0 aliphatic heterocycles. The molecule has 0 saturated carbocycles. The zero-order chi connectivity index (χ0) is 15.8. The van der Waals surface area contributed by atoms with Crippen molar-refractivity contribution in [2.24, 2.45) is 5.73 Å². The number of benzene rings is 2. The van der Waals surface area contributed by atoms with Crippen molar-refractivity contribution in [3.63, 3.8) is 0 Å². The molecule has 3 nitrogen and oxygen atoms in total. The van der Waals surface area contributed by atoms with Crippen LogP contribution in [0.4, 0.5) is 8.78 Å². The quantitative estimate of drug-likeness (QED) is 0.813. The minimum atomic E-state index is -2.82. The van der Waals surface area contributed by atoms with Gasteiger partial charge in [0.2, 0.25) is 0 Å². The molecule has 0 heterocycles. The Morgan fingerprint density at radius 2 is 1.64 bits per heavy atom. The van der Waals surface area contributed by atoms with Crippen molar-refractivity contribution in [1.82, 2.24) is 4.90 Å². The van der Waals surface area contributed by atoms with E-state index in [2.05, 4.69) is 9.64 Å². The third kappa shape index (κ3) is 5.09. The fourth-order valence-electron chi connectivity index (χ4n) is 2.32. The third-order valence-corrected chi connectivity index (χ3v) is 3.28. The van der Waals surface area contributed by atoms with Crippen LogP contribution >= 0.6 is 0 Å². The lowest BCUT2D eigenvalue weighted by Gasteiger charge is -2.23. The molecule has 22 heavy (non-hydrogen) atoms. The molecular weight excluding hydrogens is 286 g/mol. The molecular formula is C17H20F2N2O. The van der Waals surface area contributed by atoms with Crippen molar-refractivity contribution < 1.29 is 13.5 Å². The molecule has 0 aromatic heterocycles. The molecule has 0 atom stereocenters. The number of nitrogens with zero attached hydrogens (tertiary/aromatic N) is 1. The molecule has 2 aromatic rings. The van der Waals surface area contributed by atoms with E-state index in [1.807, 2.05) is 36.4 Å². The van der Waals surface area contributed by atoms with Gasteiger partial charge in [-0.25, -0.2) is 0 Å². The number of hydrogen-bond acceptors (Lipinski definition) is 3. The van der Waals surface area contributed by atoms with E-state index in [0.717, 1.165) is 11.1 Å². The molecule has 0 saturated heterocycles. The predicted octanol–water partition coefficient (Wildman–Crippen LogP) is 3.25. The van der Waals surface area contributed by atoms with Gasteiger partial charge in [0.25, 0.3) is 0 Å². The zero-order valence-electron chi connectivity index (χ0n) is 12.3. The third-order valence-electron chi connectivity index (χ3n) is 3.28. The average molecular weight is 306 g/mol. The minimum absolute atomic E-state index is 0.215. The molecule has 2 N–H and O–H groups in total. The smallest absolute Gasteiger partial charge is 0.387 e. The van der Waals surface area contributed by atoms with Gasteiger partial charge in [-0.2, -0.15) is 8.78 Å². The standard InChI is InChI=1S/C17H20F2N2O/c18-17(19)22-16-9-5-4-8-15(16)13-21(11-10-20)12-14-6-2-1-3-7-14/h1-9,17H,10-13,20H2. The molecule has 118 valence electrons. The fourth-order valence-corrected chi connectivity index (χ4v) is 2.32. The van der Waals surface area contributed by atoms with E-state index in [-0.39, 0.29) is 5.75 Å². The monoisotopic (exact) mass is 306 g/mol. The summed E-state index contributed by atoms with van der Waals surface area (Å²) in [5.41, 5.74) is 7.55. The summed E-state index contributed by atoms with van der Waals surface area (Å²) < 4.78 is 29.5. The normalized spacial score (nSPS) is 11.1. The molecule has 2 aromatic carbocycles. The second kappa shape index (κ2) is 8.46. The van der Waals surface area contributed by atoms with Crippen molar-refractivity contribution in [1.29, 1.82) is 0 Å². The molecule has 0 bridgehead atoms. The number of rotatable bonds is 8. The fraction of sp³-hybridized carbons (Fsp3) is 0.294. The Hall–Kier alpha value is -1.98. The van der Waals surface area contributed by atoms with Crippen LogP contribution < -0.4 is 10.5 Å². The Bertz CT molecular complexity index is 564. The van der Waals surface area contributed by atoms with Gasteiger partial charge in [-0.05, 0) is 11.6 Å². The van der Waals surface area contributed by atoms with Crippen molar-refractivity contribution in [2.75, 3.05) is 13.1 Å². The summed E-state index contributed by atoms with van der Waals surface area (Å²) in [5.74, 6) is 0.215. The summed E-state index contributed by atoms with van der Waals surface area (Å²) >= 11 is 0. The molecule has 0 aliphatic rings. The highest BCUT2D eigenvalue weighted by molar-refractivity contribution is 5.33. The van der Waals surface area contributed by atoms with Gasteiger partial charge >= 0.3 is 6.61 Å². The second-order valence-electron chi connectivity index (χ2n) is 4.97. The number of para-hydroxylation sites is 1. The zero-order valence-corrected chi connectivity index (χ0v) is 12.3. The summed E-state index contributed by atoms with van der Waals surface area (Å²) in [4.78, 5) is 2.11. The molecule has 0 radical (unpaired) electrons. The van der Waals surface area contributed by atoms with E-state index in [4.69, 9.17) is 5.73 Å². The average Bonchev–Trinajstić information content (AvgIpc) is 2.50. The van der Waals surface area contributed by atoms with E-state index < -0.39 is 6.61 Å². The largest absolute Gasteiger partial charge is 0.434 e. The second-order valence-corrected chi connectivity index (χ2v) is 4.97. The van der Waals surface area contributed by atoms with Gasteiger partial charge in [-0.3, -0.25) is 4.90 Å². The number of alkyl halides is 2. The maximum Gasteiger partial charge on any atom is 0.387 e. The van der Waals surface area contributed by atoms with Crippen LogP contribution in [0.1, 0.15) is 11.1 Å². The first-order chi connectivity index (χ1) is 10.7. The molecule has 0 unspecified atom stereocenters. The Labute approximate surface area is 129 Å². The molecule has 0 spiro atoms. The van der Waals surface area contributed by atoms with E-state index in [0.29, 0.717) is 26.2 Å². The molecule has 0 aliphatic carbocycles. The van der Waals surface area contributed by atoms with E-state index in [9.17, 15) is 8.78 Å². The van der Waals surface area contributed by atoms with Crippen LogP contribution in [-0.4, -0.2) is 24.6 Å². The number of halogens is 2. The van der Waals surface area contributed by atoms with Crippen molar-refractivity contribution in [3.05, 3.63) is 65.7 Å².